The van der Waals surface area contributed by atoms with Crippen molar-refractivity contribution in [2.75, 3.05) is 27.4 Å². The molecule has 0 aromatic heterocycles. The molecule has 31 heavy (non-hydrogen) atoms. The number of amides is 1. The van der Waals surface area contributed by atoms with E-state index in [4.69, 9.17) is 30.8 Å². The van der Waals surface area contributed by atoms with Gasteiger partial charge in [-0.25, -0.2) is 4.99 Å². The number of aliphatic imine (C=N–C) groups is 1. The zero-order chi connectivity index (χ0) is 22.4. The molecule has 0 bridgehead atoms. The molecule has 0 unspecified atom stereocenters. The van der Waals surface area contributed by atoms with Gasteiger partial charge in [-0.3, -0.25) is 9.69 Å². The van der Waals surface area contributed by atoms with Crippen molar-refractivity contribution in [3.63, 3.8) is 0 Å². The van der Waals surface area contributed by atoms with Crippen LogP contribution in [0, 0.1) is 0 Å². The van der Waals surface area contributed by atoms with Crippen LogP contribution in [0.3, 0.4) is 0 Å². The lowest BCUT2D eigenvalue weighted by Crippen LogP contribution is -2.29. The minimum absolute atomic E-state index is 0.0950. The minimum Gasteiger partial charge on any atom is -0.494 e. The van der Waals surface area contributed by atoms with Crippen LogP contribution in [0.1, 0.15) is 25.8 Å². The first-order chi connectivity index (χ1) is 15.0. The summed E-state index contributed by atoms with van der Waals surface area (Å²) in [7, 11) is 3.11. The van der Waals surface area contributed by atoms with Crippen LogP contribution < -0.4 is 14.2 Å². The van der Waals surface area contributed by atoms with E-state index in [1.807, 2.05) is 38.1 Å². The molecular weight excluding hydrogens is 436 g/mol. The fraction of sp³-hybridized carbons (Fsp3) is 0.304. The number of benzene rings is 2. The molecule has 0 N–H and O–H groups in total. The van der Waals surface area contributed by atoms with Crippen LogP contribution in [-0.4, -0.2) is 43.3 Å². The third-order valence-corrected chi connectivity index (χ3v) is 5.83. The number of hydrogen-bond acceptors (Lipinski definition) is 6. The Labute approximate surface area is 191 Å². The summed E-state index contributed by atoms with van der Waals surface area (Å²) >= 11 is 7.74. The normalized spacial score (nSPS) is 16.3. The van der Waals surface area contributed by atoms with Gasteiger partial charge in [0.05, 0.1) is 36.4 Å². The second-order valence-corrected chi connectivity index (χ2v) is 8.03. The van der Waals surface area contributed by atoms with Gasteiger partial charge < -0.3 is 14.2 Å². The molecule has 164 valence electrons. The van der Waals surface area contributed by atoms with Crippen LogP contribution in [0.25, 0.3) is 6.08 Å². The number of carbonyl (C=O) groups excluding carboxylic acids is 1. The number of nitrogens with zero attached hydrogens (tertiary/aromatic N) is 2. The van der Waals surface area contributed by atoms with Gasteiger partial charge in [-0.2, -0.15) is 0 Å². The van der Waals surface area contributed by atoms with E-state index in [-0.39, 0.29) is 5.91 Å². The summed E-state index contributed by atoms with van der Waals surface area (Å²) in [5.74, 6) is 1.77. The molecule has 0 aliphatic carbocycles. The number of amidine groups is 1. The molecule has 0 saturated carbocycles. The van der Waals surface area contributed by atoms with E-state index in [0.717, 1.165) is 17.9 Å². The van der Waals surface area contributed by atoms with Crippen molar-refractivity contribution >= 4 is 46.2 Å². The van der Waals surface area contributed by atoms with Crippen LogP contribution >= 0.6 is 23.4 Å². The van der Waals surface area contributed by atoms with Crippen molar-refractivity contribution in [2.24, 2.45) is 4.99 Å². The van der Waals surface area contributed by atoms with Crippen molar-refractivity contribution in [1.29, 1.82) is 0 Å². The zero-order valence-electron chi connectivity index (χ0n) is 18.0. The van der Waals surface area contributed by atoms with Gasteiger partial charge in [-0.05, 0) is 67.1 Å². The monoisotopic (exact) mass is 460 g/mol. The summed E-state index contributed by atoms with van der Waals surface area (Å²) in [5, 5.41) is 1.11. The van der Waals surface area contributed by atoms with Gasteiger partial charge in [-0.1, -0.05) is 18.5 Å². The van der Waals surface area contributed by atoms with Crippen LogP contribution in [0.2, 0.25) is 5.02 Å². The molecule has 1 aliphatic rings. The van der Waals surface area contributed by atoms with E-state index in [2.05, 4.69) is 0 Å². The van der Waals surface area contributed by atoms with Crippen molar-refractivity contribution in [3.05, 3.63) is 51.9 Å². The summed E-state index contributed by atoms with van der Waals surface area (Å²) in [6, 6.07) is 10.9. The van der Waals surface area contributed by atoms with Crippen LogP contribution in [0.5, 0.6) is 17.2 Å². The smallest absolute Gasteiger partial charge is 0.266 e. The maximum absolute atomic E-state index is 13.1. The number of ether oxygens (including phenoxy) is 3. The Morgan fingerprint density at radius 2 is 1.77 bits per heavy atom. The molecule has 8 heteroatoms. The van der Waals surface area contributed by atoms with E-state index >= 15 is 0 Å². The minimum atomic E-state index is -0.0950. The van der Waals surface area contributed by atoms with Crippen LogP contribution in [0.4, 0.5) is 5.69 Å². The van der Waals surface area contributed by atoms with Gasteiger partial charge in [0.1, 0.15) is 5.75 Å². The van der Waals surface area contributed by atoms with Crippen LogP contribution in [0.15, 0.2) is 46.3 Å². The topological polar surface area (TPSA) is 60.4 Å². The maximum atomic E-state index is 13.1. The van der Waals surface area contributed by atoms with Crippen molar-refractivity contribution in [1.82, 2.24) is 4.90 Å². The molecule has 1 fully saturated rings. The van der Waals surface area contributed by atoms with Gasteiger partial charge in [0, 0.05) is 12.6 Å². The highest BCUT2D eigenvalue weighted by atomic mass is 35.5. The lowest BCUT2D eigenvalue weighted by Gasteiger charge is -2.14. The highest BCUT2D eigenvalue weighted by Crippen LogP contribution is 2.38. The Morgan fingerprint density at radius 1 is 1.10 bits per heavy atom. The van der Waals surface area contributed by atoms with E-state index in [0.29, 0.717) is 45.3 Å². The van der Waals surface area contributed by atoms with Crippen LogP contribution in [-0.2, 0) is 4.79 Å². The van der Waals surface area contributed by atoms with Gasteiger partial charge >= 0.3 is 0 Å². The SMILES string of the molecule is CCCN1C(=O)/C(=C\c2cc(OC)c(OC)cc2Cl)SC1=Nc1ccc(OCC)cc1. The zero-order valence-corrected chi connectivity index (χ0v) is 19.5. The van der Waals surface area contributed by atoms with Crippen molar-refractivity contribution in [2.45, 2.75) is 20.3 Å². The molecule has 6 nitrogen and oxygen atoms in total. The highest BCUT2D eigenvalue weighted by molar-refractivity contribution is 8.18. The molecule has 0 spiro atoms. The lowest BCUT2D eigenvalue weighted by atomic mass is 10.1. The van der Waals surface area contributed by atoms with E-state index < -0.39 is 0 Å². The Balaban J connectivity index is 1.94. The second kappa shape index (κ2) is 10.6. The van der Waals surface area contributed by atoms with Gasteiger partial charge in [-0.15, -0.1) is 0 Å². The first kappa shape index (κ1) is 23.0. The summed E-state index contributed by atoms with van der Waals surface area (Å²) in [5.41, 5.74) is 1.43. The Hall–Kier alpha value is -2.64. The van der Waals surface area contributed by atoms with Gasteiger partial charge in [0.15, 0.2) is 16.7 Å². The summed E-state index contributed by atoms with van der Waals surface area (Å²) < 4.78 is 16.1. The maximum Gasteiger partial charge on any atom is 0.266 e. The molecular formula is C23H25ClN2O4S. The fourth-order valence-corrected chi connectivity index (χ4v) is 4.25. The molecule has 1 amide bonds. The predicted molar refractivity (Wildman–Crippen MR) is 127 cm³/mol. The number of rotatable bonds is 8. The average molecular weight is 461 g/mol. The number of thioether (sulfide) groups is 1. The first-order valence-electron chi connectivity index (χ1n) is 9.95. The predicted octanol–water partition coefficient (Wildman–Crippen LogP) is 5.77. The van der Waals surface area contributed by atoms with E-state index in [9.17, 15) is 4.79 Å². The molecule has 0 radical (unpaired) electrons. The second-order valence-electron chi connectivity index (χ2n) is 6.62. The summed E-state index contributed by atoms with van der Waals surface area (Å²) in [6.07, 6.45) is 2.58. The Morgan fingerprint density at radius 3 is 2.39 bits per heavy atom. The fourth-order valence-electron chi connectivity index (χ4n) is 3.03. The standard InChI is InChI=1S/C23H25ClN2O4S/c1-5-11-26-22(27)21(13-15-12-19(28-3)20(29-4)14-18(15)24)31-23(26)25-16-7-9-17(10-8-16)30-6-2/h7-10,12-14H,5-6,11H2,1-4H3/b21-13+,25-23?. The Kier molecular flexibility index (Phi) is 7.87. The highest BCUT2D eigenvalue weighted by Gasteiger charge is 2.33. The number of halogens is 1. The lowest BCUT2D eigenvalue weighted by molar-refractivity contribution is -0.122. The molecule has 1 saturated heterocycles. The van der Waals surface area contributed by atoms with E-state index in [1.165, 1.54) is 11.8 Å². The molecule has 1 heterocycles. The molecule has 3 rings (SSSR count). The third-order valence-electron chi connectivity index (χ3n) is 4.50. The Bertz CT molecular complexity index is 1010. The van der Waals surface area contributed by atoms with Crippen molar-refractivity contribution < 1.29 is 19.0 Å². The summed E-state index contributed by atoms with van der Waals surface area (Å²) in [6.45, 7) is 5.16. The molecule has 2 aromatic carbocycles. The average Bonchev–Trinajstić information content (AvgIpc) is 3.05. The van der Waals surface area contributed by atoms with Crippen molar-refractivity contribution in [3.8, 4) is 17.2 Å². The molecule has 1 aliphatic heterocycles. The largest absolute Gasteiger partial charge is 0.494 e. The van der Waals surface area contributed by atoms with Gasteiger partial charge in [0.2, 0.25) is 0 Å². The quantitative estimate of drug-likeness (QED) is 0.468. The first-order valence-corrected chi connectivity index (χ1v) is 11.1. The molecule has 0 atom stereocenters. The number of carbonyl (C=O) groups is 1. The number of hydrogen-bond donors (Lipinski definition) is 0. The number of methoxy groups -OCH3 is 2. The third kappa shape index (κ3) is 5.35. The molecule has 2 aromatic rings. The van der Waals surface area contributed by atoms with Gasteiger partial charge in [0.25, 0.3) is 5.91 Å². The van der Waals surface area contributed by atoms with E-state index in [1.54, 1.807) is 37.3 Å². The summed E-state index contributed by atoms with van der Waals surface area (Å²) in [4.78, 5) is 20.0.